The molecule has 2 atom stereocenters. The van der Waals surface area contributed by atoms with Crippen molar-refractivity contribution in [3.05, 3.63) is 102 Å². The molecule has 3 heterocycles. The van der Waals surface area contributed by atoms with Crippen molar-refractivity contribution < 1.29 is 35.0 Å². The second-order valence-corrected chi connectivity index (χ2v) is 13.2. The summed E-state index contributed by atoms with van der Waals surface area (Å²) >= 11 is 0. The van der Waals surface area contributed by atoms with Crippen molar-refractivity contribution in [2.75, 3.05) is 6.54 Å². The zero-order chi connectivity index (χ0) is 33.5. The molecule has 5 rings (SSSR count). The second-order valence-electron chi connectivity index (χ2n) is 9.92. The number of aromatic nitrogens is 3. The molecule has 9 nitrogen and oxygen atoms in total. The molecule has 4 aromatic rings. The molecule has 0 radical (unpaired) electrons. The third kappa shape index (κ3) is 8.59. The molecule has 1 amide bonds. The van der Waals surface area contributed by atoms with E-state index in [1.54, 1.807) is 30.3 Å². The van der Waals surface area contributed by atoms with Crippen LogP contribution in [-0.4, -0.2) is 50.4 Å². The van der Waals surface area contributed by atoms with Crippen molar-refractivity contribution >= 4 is 26.7 Å². The van der Waals surface area contributed by atoms with Gasteiger partial charge in [0.2, 0.25) is 20.9 Å². The van der Waals surface area contributed by atoms with Gasteiger partial charge in [-0.2, -0.15) is 13.2 Å². The Labute approximate surface area is 266 Å². The summed E-state index contributed by atoms with van der Waals surface area (Å²) in [6.45, 7) is 4.12. The van der Waals surface area contributed by atoms with Gasteiger partial charge in [0.1, 0.15) is 28.5 Å². The van der Waals surface area contributed by atoms with Crippen LogP contribution in [-0.2, 0) is 44.1 Å². The fraction of sp³-hybridized carbons (Fsp3) is 0.290. The molecule has 0 aliphatic carbocycles. The number of halogens is 4. The first-order chi connectivity index (χ1) is 21.9. The van der Waals surface area contributed by atoms with Crippen molar-refractivity contribution in [2.45, 2.75) is 61.3 Å². The Morgan fingerprint density at radius 2 is 1.72 bits per heavy atom. The van der Waals surface area contributed by atoms with Crippen LogP contribution in [0.3, 0.4) is 0 Å². The average molecular weight is 678 g/mol. The van der Waals surface area contributed by atoms with Crippen LogP contribution in [0.1, 0.15) is 43.6 Å². The van der Waals surface area contributed by atoms with Crippen LogP contribution in [0.25, 0.3) is 11.3 Å². The van der Waals surface area contributed by atoms with Gasteiger partial charge < -0.3 is 5.32 Å². The number of hydrogen-bond acceptors (Lipinski definition) is 7. The van der Waals surface area contributed by atoms with Crippen LogP contribution in [0.5, 0.6) is 0 Å². The number of hydrogen-bond donors (Lipinski definition) is 1. The maximum Gasteiger partial charge on any atom is 0.433 e. The first-order valence-corrected chi connectivity index (χ1v) is 17.1. The summed E-state index contributed by atoms with van der Waals surface area (Å²) in [5.74, 6) is -1.40. The van der Waals surface area contributed by atoms with Crippen molar-refractivity contribution in [1.29, 1.82) is 0 Å². The SMILES string of the molecule is CC.O=C(NCc1cc(-c2ccc(C(F)(F)F)nc2)nc(S(=O)(=O)Cc2ccccc2)n1)C1CCCN1S(=O)c1ccc(F)cc1. The fourth-order valence-electron chi connectivity index (χ4n) is 4.60. The van der Waals surface area contributed by atoms with Gasteiger partial charge in [-0.05, 0) is 60.9 Å². The highest BCUT2D eigenvalue weighted by Crippen LogP contribution is 2.29. The number of nitrogens with zero attached hydrogens (tertiary/aromatic N) is 4. The molecule has 1 N–H and O–H groups in total. The fourth-order valence-corrected chi connectivity index (χ4v) is 7.23. The highest BCUT2D eigenvalue weighted by molar-refractivity contribution is 7.90. The van der Waals surface area contributed by atoms with Crippen molar-refractivity contribution in [3.8, 4) is 11.3 Å². The zero-order valence-electron chi connectivity index (χ0n) is 24.9. The topological polar surface area (TPSA) is 122 Å². The molecule has 46 heavy (non-hydrogen) atoms. The number of pyridine rings is 1. The lowest BCUT2D eigenvalue weighted by Crippen LogP contribution is -2.43. The summed E-state index contributed by atoms with van der Waals surface area (Å²) in [6, 6.07) is 15.9. The van der Waals surface area contributed by atoms with Gasteiger partial charge in [0.15, 0.2) is 0 Å². The third-order valence-corrected chi connectivity index (χ3v) is 9.76. The molecule has 2 aromatic carbocycles. The van der Waals surface area contributed by atoms with Crippen LogP contribution >= 0.6 is 0 Å². The Morgan fingerprint density at radius 1 is 1.02 bits per heavy atom. The standard InChI is InChI=1S/C29H25F4N5O4S2.C2H6/c30-21-9-11-23(12-10-21)43(40)38-14-4-7-25(38)27(39)35-17-22-15-24(20-8-13-26(34-16-20)29(31,32)33)37-28(36-22)44(41,42)18-19-5-2-1-3-6-19;1-2/h1-3,5-6,8-13,15-16,25H,4,7,14,17-18H2,(H,35,39);1-2H3. The van der Waals surface area contributed by atoms with Crippen LogP contribution in [0.4, 0.5) is 17.6 Å². The number of amides is 1. The third-order valence-electron chi connectivity index (χ3n) is 6.76. The molecule has 1 aliphatic rings. The molecule has 15 heteroatoms. The smallest absolute Gasteiger partial charge is 0.349 e. The minimum Gasteiger partial charge on any atom is -0.349 e. The largest absolute Gasteiger partial charge is 0.433 e. The van der Waals surface area contributed by atoms with E-state index < -0.39 is 61.4 Å². The molecule has 0 bridgehead atoms. The number of nitrogens with one attached hydrogen (secondary N) is 1. The molecular weight excluding hydrogens is 646 g/mol. The zero-order valence-corrected chi connectivity index (χ0v) is 26.5. The summed E-state index contributed by atoms with van der Waals surface area (Å²) < 4.78 is 93.7. The van der Waals surface area contributed by atoms with E-state index in [4.69, 9.17) is 0 Å². The van der Waals surface area contributed by atoms with Gasteiger partial charge in [-0.1, -0.05) is 44.2 Å². The van der Waals surface area contributed by atoms with E-state index in [-0.39, 0.29) is 23.5 Å². The Bertz CT molecular complexity index is 1770. The van der Waals surface area contributed by atoms with Gasteiger partial charge in [0.25, 0.3) is 0 Å². The van der Waals surface area contributed by atoms with E-state index in [1.807, 2.05) is 13.8 Å². The maximum absolute atomic E-state index is 13.3. The molecule has 1 aliphatic heterocycles. The van der Waals surface area contributed by atoms with E-state index in [1.165, 1.54) is 34.6 Å². The van der Waals surface area contributed by atoms with Gasteiger partial charge in [-0.15, -0.1) is 0 Å². The average Bonchev–Trinajstić information content (AvgIpc) is 3.55. The molecule has 0 spiro atoms. The number of alkyl halides is 3. The quantitative estimate of drug-likeness (QED) is 0.183. The van der Waals surface area contributed by atoms with Crippen molar-refractivity contribution in [2.24, 2.45) is 0 Å². The Kier molecular flexibility index (Phi) is 11.3. The van der Waals surface area contributed by atoms with E-state index in [9.17, 15) is 35.0 Å². The van der Waals surface area contributed by atoms with Gasteiger partial charge in [0.05, 0.1) is 28.6 Å². The first-order valence-electron chi connectivity index (χ1n) is 14.3. The predicted molar refractivity (Wildman–Crippen MR) is 163 cm³/mol. The number of benzene rings is 2. The van der Waals surface area contributed by atoms with Gasteiger partial charge in [-0.25, -0.2) is 31.3 Å². The number of carbonyl (C=O) groups is 1. The summed E-state index contributed by atoms with van der Waals surface area (Å²) in [7, 11) is -5.84. The van der Waals surface area contributed by atoms with Crippen LogP contribution < -0.4 is 5.32 Å². The summed E-state index contributed by atoms with van der Waals surface area (Å²) in [5, 5.41) is 2.13. The van der Waals surface area contributed by atoms with E-state index in [0.29, 0.717) is 29.8 Å². The van der Waals surface area contributed by atoms with Crippen LogP contribution in [0.2, 0.25) is 0 Å². The summed E-state index contributed by atoms with van der Waals surface area (Å²) in [4.78, 5) is 25.3. The van der Waals surface area contributed by atoms with E-state index in [2.05, 4.69) is 20.3 Å². The van der Waals surface area contributed by atoms with Crippen molar-refractivity contribution in [3.63, 3.8) is 0 Å². The summed E-state index contributed by atoms with van der Waals surface area (Å²) in [5.41, 5.74) is -0.459. The molecule has 2 aromatic heterocycles. The minimum atomic E-state index is -4.67. The number of sulfone groups is 1. The lowest BCUT2D eigenvalue weighted by molar-refractivity contribution is -0.141. The molecule has 2 unspecified atom stereocenters. The molecule has 1 fully saturated rings. The van der Waals surface area contributed by atoms with Gasteiger partial charge >= 0.3 is 6.18 Å². The second kappa shape index (κ2) is 15.0. The normalized spacial score (nSPS) is 15.9. The Balaban J connectivity index is 0.00000235. The van der Waals surface area contributed by atoms with Crippen LogP contribution in [0, 0.1) is 5.82 Å². The highest BCUT2D eigenvalue weighted by Gasteiger charge is 2.35. The molecule has 0 saturated carbocycles. The van der Waals surface area contributed by atoms with Gasteiger partial charge in [-0.3, -0.25) is 9.78 Å². The summed E-state index contributed by atoms with van der Waals surface area (Å²) in [6.07, 6.45) is -2.74. The Hall–Kier alpha value is -4.08. The lowest BCUT2D eigenvalue weighted by atomic mass is 10.1. The number of carbonyl (C=O) groups excluding carboxylic acids is 1. The van der Waals surface area contributed by atoms with E-state index >= 15 is 0 Å². The van der Waals surface area contributed by atoms with Crippen molar-refractivity contribution in [1.82, 2.24) is 24.6 Å². The first kappa shape index (κ1) is 34.8. The molecular formula is C31H31F4N5O4S2. The maximum atomic E-state index is 13.3. The van der Waals surface area contributed by atoms with Crippen LogP contribution in [0.15, 0.2) is 89.0 Å². The molecule has 244 valence electrons. The predicted octanol–water partition coefficient (Wildman–Crippen LogP) is 5.50. The Morgan fingerprint density at radius 3 is 2.35 bits per heavy atom. The lowest BCUT2D eigenvalue weighted by Gasteiger charge is -2.22. The van der Waals surface area contributed by atoms with Gasteiger partial charge in [0, 0.05) is 18.3 Å². The molecule has 1 saturated heterocycles. The minimum absolute atomic E-state index is 0.00276. The highest BCUT2D eigenvalue weighted by atomic mass is 32.2. The monoisotopic (exact) mass is 677 g/mol. The number of rotatable bonds is 9. The van der Waals surface area contributed by atoms with E-state index in [0.717, 1.165) is 18.3 Å².